The molecule has 0 aliphatic carbocycles. The highest BCUT2D eigenvalue weighted by molar-refractivity contribution is 6.10. The number of pyridine rings is 1. The van der Waals surface area contributed by atoms with Crippen LogP contribution in [0.3, 0.4) is 0 Å². The molecule has 5 rings (SSSR count). The summed E-state index contributed by atoms with van der Waals surface area (Å²) >= 11 is 0. The van der Waals surface area contributed by atoms with Gasteiger partial charge in [0.2, 0.25) is 0 Å². The van der Waals surface area contributed by atoms with Gasteiger partial charge >= 0.3 is 0 Å². The zero-order valence-electron chi connectivity index (χ0n) is 17.6. The maximum atomic E-state index is 13.2. The number of carbonyl (C=O) groups excluding carboxylic acids is 1. The molecule has 9 nitrogen and oxygen atoms in total. The van der Waals surface area contributed by atoms with Crippen LogP contribution in [0.25, 0.3) is 11.5 Å². The van der Waals surface area contributed by atoms with Crippen LogP contribution in [0.2, 0.25) is 0 Å². The molecule has 3 aromatic rings. The van der Waals surface area contributed by atoms with E-state index in [0.717, 1.165) is 5.56 Å². The van der Waals surface area contributed by atoms with Crippen molar-refractivity contribution in [3.8, 4) is 23.0 Å². The zero-order chi connectivity index (χ0) is 21.5. The van der Waals surface area contributed by atoms with Crippen LogP contribution in [0.1, 0.15) is 35.8 Å². The second-order valence-electron chi connectivity index (χ2n) is 7.89. The molecule has 1 aromatic carbocycles. The molecule has 0 bridgehead atoms. The van der Waals surface area contributed by atoms with Crippen LogP contribution in [-0.2, 0) is 11.3 Å². The highest BCUT2D eigenvalue weighted by Gasteiger charge is 2.33. The van der Waals surface area contributed by atoms with E-state index in [-0.39, 0.29) is 18.1 Å². The fourth-order valence-electron chi connectivity index (χ4n) is 3.88. The predicted octanol–water partition coefficient (Wildman–Crippen LogP) is 2.87. The molecule has 4 heterocycles. The molecule has 0 saturated heterocycles. The topological polar surface area (TPSA) is 91.6 Å². The highest BCUT2D eigenvalue weighted by Crippen LogP contribution is 2.39. The number of rotatable bonds is 5. The molecule has 1 unspecified atom stereocenters. The summed E-state index contributed by atoms with van der Waals surface area (Å²) < 4.78 is 18.9. The van der Waals surface area contributed by atoms with Gasteiger partial charge in [-0.05, 0) is 43.7 Å². The lowest BCUT2D eigenvalue weighted by atomic mass is 10.1. The molecule has 2 aliphatic rings. The number of fused-ring (bicyclic) bond motifs is 2. The van der Waals surface area contributed by atoms with Crippen LogP contribution >= 0.6 is 0 Å². The average Bonchev–Trinajstić information content (AvgIpc) is 3.38. The molecule has 31 heavy (non-hydrogen) atoms. The van der Waals surface area contributed by atoms with Crippen LogP contribution in [0.4, 0.5) is 5.82 Å². The monoisotopic (exact) mass is 421 g/mol. The van der Waals surface area contributed by atoms with E-state index in [1.54, 1.807) is 24.4 Å². The predicted molar refractivity (Wildman–Crippen MR) is 112 cm³/mol. The summed E-state index contributed by atoms with van der Waals surface area (Å²) in [5.41, 5.74) is 2.15. The Labute approximate surface area is 179 Å². The van der Waals surface area contributed by atoms with Crippen molar-refractivity contribution in [2.45, 2.75) is 32.5 Å². The van der Waals surface area contributed by atoms with Crippen molar-refractivity contribution in [3.05, 3.63) is 47.8 Å². The number of carbonyl (C=O) groups is 1. The fourth-order valence-corrected chi connectivity index (χ4v) is 3.88. The van der Waals surface area contributed by atoms with E-state index >= 15 is 0 Å². The first-order valence-corrected chi connectivity index (χ1v) is 10.2. The Hall–Kier alpha value is -3.46. The van der Waals surface area contributed by atoms with Gasteiger partial charge in [0.05, 0.1) is 13.2 Å². The summed E-state index contributed by atoms with van der Waals surface area (Å²) in [5.74, 6) is 2.33. The molecule has 0 N–H and O–H groups in total. The fraction of sp³-hybridized carbons (Fsp3) is 0.364. The smallest absolute Gasteiger partial charge is 0.260 e. The second kappa shape index (κ2) is 7.66. The minimum atomic E-state index is -0.166. The third-order valence-electron chi connectivity index (χ3n) is 5.41. The van der Waals surface area contributed by atoms with Gasteiger partial charge in [-0.3, -0.25) is 9.69 Å². The number of benzene rings is 1. The number of anilines is 1. The Bertz CT molecular complexity index is 1140. The Morgan fingerprint density at radius 1 is 1.26 bits per heavy atom. The third-order valence-corrected chi connectivity index (χ3v) is 5.41. The highest BCUT2D eigenvalue weighted by atomic mass is 16.6. The first-order valence-electron chi connectivity index (χ1n) is 10.2. The molecular formula is C22H23N5O4. The number of aromatic nitrogens is 4. The maximum absolute atomic E-state index is 13.2. The van der Waals surface area contributed by atoms with E-state index in [1.807, 2.05) is 28.8 Å². The quantitative estimate of drug-likeness (QED) is 0.625. The first kappa shape index (κ1) is 19.5. The standard InChI is InChI=1S/C22H23N5O4/c1-13(2)27-12-23-25-21(27)17-5-4-6-20(24-17)26-9-14-7-19-18(8-16(14)22(26)28)30-11-15(31-19)10-29-3/h4-8,12-13,15H,9-11H2,1-3H3. The van der Waals surface area contributed by atoms with E-state index in [0.29, 0.717) is 54.2 Å². The van der Waals surface area contributed by atoms with Gasteiger partial charge < -0.3 is 18.8 Å². The third kappa shape index (κ3) is 3.40. The van der Waals surface area contributed by atoms with E-state index in [1.165, 1.54) is 0 Å². The molecule has 0 saturated carbocycles. The van der Waals surface area contributed by atoms with Gasteiger partial charge in [0, 0.05) is 18.7 Å². The summed E-state index contributed by atoms with van der Waals surface area (Å²) in [6.45, 7) is 5.35. The number of hydrogen-bond acceptors (Lipinski definition) is 7. The molecule has 1 amide bonds. The lowest BCUT2D eigenvalue weighted by Crippen LogP contribution is -2.33. The number of amides is 1. The van der Waals surface area contributed by atoms with Crippen LogP contribution in [-0.4, -0.2) is 52.1 Å². The number of ether oxygens (including phenoxy) is 3. The zero-order valence-corrected chi connectivity index (χ0v) is 17.6. The summed E-state index contributed by atoms with van der Waals surface area (Å²) in [5, 5.41) is 8.23. The van der Waals surface area contributed by atoms with Gasteiger partial charge in [-0.1, -0.05) is 6.07 Å². The lowest BCUT2D eigenvalue weighted by molar-refractivity contribution is 0.0271. The molecule has 0 radical (unpaired) electrons. The first-order chi connectivity index (χ1) is 15.0. The Morgan fingerprint density at radius 3 is 2.94 bits per heavy atom. The van der Waals surface area contributed by atoms with E-state index in [9.17, 15) is 4.79 Å². The summed E-state index contributed by atoms with van der Waals surface area (Å²) in [6.07, 6.45) is 1.52. The molecule has 1 atom stereocenters. The maximum Gasteiger partial charge on any atom is 0.260 e. The van der Waals surface area contributed by atoms with Gasteiger partial charge in [-0.25, -0.2) is 4.98 Å². The number of nitrogens with zero attached hydrogens (tertiary/aromatic N) is 5. The van der Waals surface area contributed by atoms with Crippen molar-refractivity contribution in [1.82, 2.24) is 19.7 Å². The van der Waals surface area contributed by atoms with Crippen molar-refractivity contribution in [2.24, 2.45) is 0 Å². The largest absolute Gasteiger partial charge is 0.486 e. The number of hydrogen-bond donors (Lipinski definition) is 0. The summed E-state index contributed by atoms with van der Waals surface area (Å²) in [4.78, 5) is 19.5. The van der Waals surface area contributed by atoms with Gasteiger partial charge in [0.1, 0.15) is 24.4 Å². The molecule has 2 aliphatic heterocycles. The molecular weight excluding hydrogens is 398 g/mol. The van der Waals surface area contributed by atoms with Crippen molar-refractivity contribution < 1.29 is 19.0 Å². The van der Waals surface area contributed by atoms with Crippen LogP contribution in [0.15, 0.2) is 36.7 Å². The van der Waals surface area contributed by atoms with Crippen LogP contribution < -0.4 is 14.4 Å². The minimum absolute atomic E-state index is 0.115. The normalized spacial score (nSPS) is 17.4. The van der Waals surface area contributed by atoms with Gasteiger partial charge in [-0.2, -0.15) is 0 Å². The van der Waals surface area contributed by atoms with Gasteiger partial charge in [0.25, 0.3) is 5.91 Å². The van der Waals surface area contributed by atoms with Crippen molar-refractivity contribution in [1.29, 1.82) is 0 Å². The van der Waals surface area contributed by atoms with E-state index in [4.69, 9.17) is 19.2 Å². The summed E-state index contributed by atoms with van der Waals surface area (Å²) in [7, 11) is 1.63. The molecule has 2 aromatic heterocycles. The van der Waals surface area contributed by atoms with E-state index in [2.05, 4.69) is 24.0 Å². The number of methoxy groups -OCH3 is 1. The molecule has 9 heteroatoms. The summed E-state index contributed by atoms with van der Waals surface area (Å²) in [6, 6.07) is 9.40. The minimum Gasteiger partial charge on any atom is -0.486 e. The van der Waals surface area contributed by atoms with Gasteiger partial charge in [-0.15, -0.1) is 10.2 Å². The molecule has 160 valence electrons. The van der Waals surface area contributed by atoms with Gasteiger partial charge in [0.15, 0.2) is 23.4 Å². The lowest BCUT2D eigenvalue weighted by Gasteiger charge is -2.26. The SMILES string of the molecule is COCC1COc2cc3c(cc2O1)CN(c1cccc(-c2nncn2C(C)C)n1)C3=O. The van der Waals surface area contributed by atoms with Crippen molar-refractivity contribution in [3.63, 3.8) is 0 Å². The Morgan fingerprint density at radius 2 is 2.13 bits per heavy atom. The van der Waals surface area contributed by atoms with Crippen molar-refractivity contribution >= 4 is 11.7 Å². The second-order valence-corrected chi connectivity index (χ2v) is 7.89. The van der Waals surface area contributed by atoms with Crippen molar-refractivity contribution in [2.75, 3.05) is 25.2 Å². The molecule has 0 fully saturated rings. The Balaban J connectivity index is 1.44. The average molecular weight is 421 g/mol. The van der Waals surface area contributed by atoms with Crippen LogP contribution in [0.5, 0.6) is 11.5 Å². The van der Waals surface area contributed by atoms with E-state index < -0.39 is 0 Å². The molecule has 0 spiro atoms. The Kier molecular flexibility index (Phi) is 4.82. The van der Waals surface area contributed by atoms with Crippen LogP contribution in [0, 0.1) is 0 Å².